The third-order valence-corrected chi connectivity index (χ3v) is 4.57. The van der Waals surface area contributed by atoms with Gasteiger partial charge in [0.05, 0.1) is 0 Å². The molecule has 3 rings (SSSR count). The van der Waals surface area contributed by atoms with Gasteiger partial charge in [0.2, 0.25) is 0 Å². The number of nitrogens with one attached hydrogen (secondary N) is 1. The van der Waals surface area contributed by atoms with Crippen LogP contribution in [0.1, 0.15) is 26.3 Å². The third kappa shape index (κ3) is 7.37. The van der Waals surface area contributed by atoms with Crippen molar-refractivity contribution in [3.05, 3.63) is 84.4 Å². The number of para-hydroxylation sites is 1. The highest BCUT2D eigenvalue weighted by Crippen LogP contribution is 2.24. The topological polar surface area (TPSA) is 56.8 Å². The molecule has 1 N–H and O–H groups in total. The number of hydrogen-bond acceptors (Lipinski definition) is 4. The lowest BCUT2D eigenvalue weighted by atomic mass is 9.87. The first-order valence-corrected chi connectivity index (χ1v) is 10.3. The van der Waals surface area contributed by atoms with Crippen LogP contribution in [0.3, 0.4) is 0 Å². The van der Waals surface area contributed by atoms with Gasteiger partial charge in [-0.3, -0.25) is 4.79 Å². The Morgan fingerprint density at radius 2 is 1.35 bits per heavy atom. The minimum absolute atomic E-state index is 0.0646. The zero-order valence-electron chi connectivity index (χ0n) is 18.3. The highest BCUT2D eigenvalue weighted by atomic mass is 16.5. The number of rotatable bonds is 9. The second kappa shape index (κ2) is 10.5. The van der Waals surface area contributed by atoms with E-state index in [1.54, 1.807) is 6.07 Å². The van der Waals surface area contributed by atoms with Crippen molar-refractivity contribution in [3.8, 4) is 17.2 Å². The molecule has 0 aliphatic rings. The van der Waals surface area contributed by atoms with Crippen LogP contribution < -0.4 is 19.5 Å². The first kappa shape index (κ1) is 22.2. The summed E-state index contributed by atoms with van der Waals surface area (Å²) in [6.07, 6.45) is 0. The van der Waals surface area contributed by atoms with Crippen LogP contribution in [0.2, 0.25) is 0 Å². The first-order valence-electron chi connectivity index (χ1n) is 10.3. The average molecular weight is 420 g/mol. The summed E-state index contributed by atoms with van der Waals surface area (Å²) in [6.45, 7) is 7.24. The van der Waals surface area contributed by atoms with Gasteiger partial charge in [0.15, 0.2) is 6.61 Å². The van der Waals surface area contributed by atoms with Crippen molar-refractivity contribution in [3.63, 3.8) is 0 Å². The molecule has 0 aliphatic heterocycles. The molecule has 1 amide bonds. The lowest BCUT2D eigenvalue weighted by Crippen LogP contribution is -2.20. The molecule has 5 nitrogen and oxygen atoms in total. The van der Waals surface area contributed by atoms with Gasteiger partial charge in [0, 0.05) is 11.8 Å². The normalized spacial score (nSPS) is 10.9. The molecule has 3 aromatic carbocycles. The maximum atomic E-state index is 12.2. The maximum absolute atomic E-state index is 12.2. The van der Waals surface area contributed by atoms with Crippen LogP contribution in [-0.4, -0.2) is 25.7 Å². The van der Waals surface area contributed by atoms with Gasteiger partial charge in [0.1, 0.15) is 30.5 Å². The molecule has 0 radical (unpaired) electrons. The van der Waals surface area contributed by atoms with Crippen molar-refractivity contribution in [2.45, 2.75) is 26.2 Å². The standard InChI is InChI=1S/C26H29NO4/c1-26(2,3)20-12-14-23(15-13-20)31-19-25(28)27-21-8-7-11-24(18-21)30-17-16-29-22-9-5-4-6-10-22/h4-15,18H,16-17,19H2,1-3H3,(H,27,28). The van der Waals surface area contributed by atoms with Crippen molar-refractivity contribution in [2.24, 2.45) is 0 Å². The van der Waals surface area contributed by atoms with E-state index in [-0.39, 0.29) is 17.9 Å². The summed E-state index contributed by atoms with van der Waals surface area (Å²) >= 11 is 0. The van der Waals surface area contributed by atoms with Gasteiger partial charge in [-0.15, -0.1) is 0 Å². The van der Waals surface area contributed by atoms with E-state index in [9.17, 15) is 4.79 Å². The van der Waals surface area contributed by atoms with E-state index >= 15 is 0 Å². The molecular weight excluding hydrogens is 390 g/mol. The summed E-state index contributed by atoms with van der Waals surface area (Å²) in [4.78, 5) is 12.2. The highest BCUT2D eigenvalue weighted by molar-refractivity contribution is 5.92. The number of hydrogen-bond donors (Lipinski definition) is 1. The Bertz CT molecular complexity index is 963. The van der Waals surface area contributed by atoms with Gasteiger partial charge in [-0.25, -0.2) is 0 Å². The number of amides is 1. The van der Waals surface area contributed by atoms with E-state index < -0.39 is 0 Å². The molecule has 5 heteroatoms. The Balaban J connectivity index is 1.42. The fourth-order valence-electron chi connectivity index (χ4n) is 2.90. The van der Waals surface area contributed by atoms with Crippen molar-refractivity contribution >= 4 is 11.6 Å². The zero-order valence-corrected chi connectivity index (χ0v) is 18.3. The highest BCUT2D eigenvalue weighted by Gasteiger charge is 2.13. The van der Waals surface area contributed by atoms with E-state index in [1.165, 1.54) is 5.56 Å². The largest absolute Gasteiger partial charge is 0.490 e. The molecule has 0 saturated carbocycles. The predicted molar refractivity (Wildman–Crippen MR) is 123 cm³/mol. The summed E-state index contributed by atoms with van der Waals surface area (Å²) in [5, 5.41) is 2.83. The van der Waals surface area contributed by atoms with Crippen LogP contribution in [0.15, 0.2) is 78.9 Å². The lowest BCUT2D eigenvalue weighted by molar-refractivity contribution is -0.118. The second-order valence-electron chi connectivity index (χ2n) is 8.15. The van der Waals surface area contributed by atoms with Gasteiger partial charge in [0.25, 0.3) is 5.91 Å². The number of carbonyl (C=O) groups is 1. The third-order valence-electron chi connectivity index (χ3n) is 4.57. The van der Waals surface area contributed by atoms with E-state index in [4.69, 9.17) is 14.2 Å². The average Bonchev–Trinajstić information content (AvgIpc) is 2.76. The van der Waals surface area contributed by atoms with Crippen molar-refractivity contribution in [2.75, 3.05) is 25.1 Å². The van der Waals surface area contributed by atoms with Crippen LogP contribution in [0.4, 0.5) is 5.69 Å². The van der Waals surface area contributed by atoms with E-state index in [0.29, 0.717) is 30.4 Å². The molecule has 0 atom stereocenters. The molecule has 0 heterocycles. The minimum Gasteiger partial charge on any atom is -0.490 e. The molecule has 0 spiro atoms. The quantitative estimate of drug-likeness (QED) is 0.468. The monoisotopic (exact) mass is 419 g/mol. The molecule has 0 saturated heterocycles. The van der Waals surface area contributed by atoms with Gasteiger partial charge < -0.3 is 19.5 Å². The maximum Gasteiger partial charge on any atom is 0.262 e. The second-order valence-corrected chi connectivity index (χ2v) is 8.15. The SMILES string of the molecule is CC(C)(C)c1ccc(OCC(=O)Nc2cccc(OCCOc3ccccc3)c2)cc1. The lowest BCUT2D eigenvalue weighted by Gasteiger charge is -2.19. The summed E-state index contributed by atoms with van der Waals surface area (Å²) < 4.78 is 16.9. The Hall–Kier alpha value is -3.47. The molecule has 0 aromatic heterocycles. The van der Waals surface area contributed by atoms with E-state index in [0.717, 1.165) is 5.75 Å². The summed E-state index contributed by atoms with van der Waals surface area (Å²) in [5.74, 6) is 1.90. The smallest absolute Gasteiger partial charge is 0.262 e. The number of anilines is 1. The van der Waals surface area contributed by atoms with Crippen molar-refractivity contribution in [1.82, 2.24) is 0 Å². The number of ether oxygens (including phenoxy) is 3. The van der Waals surface area contributed by atoms with Crippen LogP contribution in [0.25, 0.3) is 0 Å². The van der Waals surface area contributed by atoms with Crippen LogP contribution >= 0.6 is 0 Å². The molecule has 0 unspecified atom stereocenters. The van der Waals surface area contributed by atoms with Gasteiger partial charge in [-0.2, -0.15) is 0 Å². The van der Waals surface area contributed by atoms with Crippen LogP contribution in [-0.2, 0) is 10.2 Å². The Morgan fingerprint density at radius 1 is 0.742 bits per heavy atom. The van der Waals surface area contributed by atoms with Gasteiger partial charge in [-0.05, 0) is 47.4 Å². The molecule has 162 valence electrons. The van der Waals surface area contributed by atoms with Crippen molar-refractivity contribution < 1.29 is 19.0 Å². The Kier molecular flexibility index (Phi) is 7.55. The molecule has 3 aromatic rings. The number of benzene rings is 3. The zero-order chi connectivity index (χ0) is 22.1. The molecular formula is C26H29NO4. The Morgan fingerprint density at radius 3 is 2.03 bits per heavy atom. The molecule has 31 heavy (non-hydrogen) atoms. The fourth-order valence-corrected chi connectivity index (χ4v) is 2.90. The molecule has 0 bridgehead atoms. The van der Waals surface area contributed by atoms with Gasteiger partial charge in [-0.1, -0.05) is 57.2 Å². The molecule has 0 fully saturated rings. The first-order chi connectivity index (χ1) is 14.9. The minimum atomic E-state index is -0.232. The summed E-state index contributed by atoms with van der Waals surface area (Å²) in [6, 6.07) is 24.7. The predicted octanol–water partition coefficient (Wildman–Crippen LogP) is 5.46. The summed E-state index contributed by atoms with van der Waals surface area (Å²) in [5.41, 5.74) is 1.95. The number of carbonyl (C=O) groups excluding carboxylic acids is 1. The van der Waals surface area contributed by atoms with Gasteiger partial charge >= 0.3 is 0 Å². The Labute approximate surface area is 184 Å². The van der Waals surface area contributed by atoms with Crippen LogP contribution in [0, 0.1) is 0 Å². The van der Waals surface area contributed by atoms with E-state index in [1.807, 2.05) is 72.8 Å². The van der Waals surface area contributed by atoms with Crippen LogP contribution in [0.5, 0.6) is 17.2 Å². The fraction of sp³-hybridized carbons (Fsp3) is 0.269. The van der Waals surface area contributed by atoms with Crippen molar-refractivity contribution in [1.29, 1.82) is 0 Å². The van der Waals surface area contributed by atoms with E-state index in [2.05, 4.69) is 26.1 Å². The summed E-state index contributed by atoms with van der Waals surface area (Å²) in [7, 11) is 0. The molecule has 0 aliphatic carbocycles.